The van der Waals surface area contributed by atoms with Crippen LogP contribution in [0, 0.1) is 0 Å². The molecule has 17 heavy (non-hydrogen) atoms. The van der Waals surface area contributed by atoms with Crippen LogP contribution in [-0.2, 0) is 15.1 Å². The highest BCUT2D eigenvalue weighted by Gasteiger charge is 2.37. The molecule has 0 atom stereocenters. The minimum atomic E-state index is -0.422. The van der Waals surface area contributed by atoms with Gasteiger partial charge in [-0.3, -0.25) is 4.79 Å². The van der Waals surface area contributed by atoms with Crippen molar-refractivity contribution in [1.82, 2.24) is 5.32 Å². The smallest absolute Gasteiger partial charge is 0.316 e. The number of nitrogens with one attached hydrogen (secondary N) is 1. The number of esters is 1. The summed E-state index contributed by atoms with van der Waals surface area (Å²) in [5, 5.41) is 3.31. The van der Waals surface area contributed by atoms with Gasteiger partial charge in [-0.15, -0.1) is 0 Å². The van der Waals surface area contributed by atoms with Gasteiger partial charge in [0, 0.05) is 12.8 Å². The Hall–Kier alpha value is -0.620. The van der Waals surface area contributed by atoms with Crippen LogP contribution in [0.1, 0.15) is 18.4 Å². The number of rotatable bonds is 3. The molecule has 0 amide bonds. The second-order valence-electron chi connectivity index (χ2n) is 4.22. The molecular formula is C13H16INO2. The lowest BCUT2D eigenvalue weighted by atomic mass is 9.85. The van der Waals surface area contributed by atoms with Crippen LogP contribution in [0.3, 0.4) is 0 Å². The van der Waals surface area contributed by atoms with Crippen LogP contribution in [0.25, 0.3) is 0 Å². The van der Waals surface area contributed by atoms with E-state index < -0.39 is 5.60 Å². The molecule has 0 aromatic heterocycles. The first-order valence-electron chi connectivity index (χ1n) is 5.81. The van der Waals surface area contributed by atoms with Gasteiger partial charge in [0.1, 0.15) is 5.60 Å². The van der Waals surface area contributed by atoms with Crippen molar-refractivity contribution in [2.45, 2.75) is 18.4 Å². The number of benzene rings is 1. The van der Waals surface area contributed by atoms with E-state index in [-0.39, 0.29) is 5.97 Å². The molecule has 1 aliphatic rings. The van der Waals surface area contributed by atoms with Gasteiger partial charge in [-0.05, 0) is 18.7 Å². The van der Waals surface area contributed by atoms with Crippen LogP contribution >= 0.6 is 22.6 Å². The topological polar surface area (TPSA) is 38.3 Å². The molecule has 1 aliphatic heterocycles. The van der Waals surface area contributed by atoms with Crippen molar-refractivity contribution in [2.24, 2.45) is 0 Å². The van der Waals surface area contributed by atoms with Crippen molar-refractivity contribution < 1.29 is 9.53 Å². The Labute approximate surface area is 115 Å². The summed E-state index contributed by atoms with van der Waals surface area (Å²) in [7, 11) is 0. The van der Waals surface area contributed by atoms with Gasteiger partial charge in [0.15, 0.2) is 0 Å². The van der Waals surface area contributed by atoms with Gasteiger partial charge in [0.2, 0.25) is 0 Å². The number of piperidine rings is 1. The predicted octanol–water partition coefficient (Wildman–Crippen LogP) is 2.24. The maximum atomic E-state index is 11.6. The lowest BCUT2D eigenvalue weighted by Gasteiger charge is -2.37. The van der Waals surface area contributed by atoms with Gasteiger partial charge in [-0.25, -0.2) is 0 Å². The molecular weight excluding hydrogens is 329 g/mol. The minimum Gasteiger partial charge on any atom is -0.453 e. The summed E-state index contributed by atoms with van der Waals surface area (Å²) < 4.78 is 6.13. The fourth-order valence-electron chi connectivity index (χ4n) is 2.27. The summed E-state index contributed by atoms with van der Waals surface area (Å²) in [6, 6.07) is 10.1. The molecule has 2 rings (SSSR count). The van der Waals surface area contributed by atoms with Crippen LogP contribution < -0.4 is 5.32 Å². The van der Waals surface area contributed by atoms with E-state index >= 15 is 0 Å². The Morgan fingerprint density at radius 1 is 1.29 bits per heavy atom. The van der Waals surface area contributed by atoms with E-state index in [1.54, 1.807) is 0 Å². The van der Waals surface area contributed by atoms with Gasteiger partial charge in [0.25, 0.3) is 0 Å². The lowest BCUT2D eigenvalue weighted by molar-refractivity contribution is -0.160. The largest absolute Gasteiger partial charge is 0.453 e. The van der Waals surface area contributed by atoms with Crippen LogP contribution in [0.4, 0.5) is 0 Å². The maximum absolute atomic E-state index is 11.6. The van der Waals surface area contributed by atoms with E-state index in [1.807, 2.05) is 52.9 Å². The average Bonchev–Trinajstić information content (AvgIpc) is 2.40. The summed E-state index contributed by atoms with van der Waals surface area (Å²) >= 11 is 2.05. The zero-order chi connectivity index (χ0) is 12.1. The second-order valence-corrected chi connectivity index (χ2v) is 4.98. The second kappa shape index (κ2) is 5.82. The number of alkyl halides is 1. The molecule has 0 spiro atoms. The summed E-state index contributed by atoms with van der Waals surface area (Å²) in [6.07, 6.45) is 1.69. The molecule has 0 bridgehead atoms. The average molecular weight is 345 g/mol. The Kier molecular flexibility index (Phi) is 4.39. The molecule has 0 radical (unpaired) electrons. The Bertz CT molecular complexity index is 374. The molecule has 0 unspecified atom stereocenters. The monoisotopic (exact) mass is 345 g/mol. The van der Waals surface area contributed by atoms with E-state index in [0.717, 1.165) is 31.5 Å². The first-order chi connectivity index (χ1) is 8.27. The zero-order valence-corrected chi connectivity index (χ0v) is 11.8. The molecule has 3 nitrogen and oxygen atoms in total. The number of halogens is 1. The molecule has 1 aromatic carbocycles. The van der Waals surface area contributed by atoms with Gasteiger partial charge in [0.05, 0.1) is 4.43 Å². The van der Waals surface area contributed by atoms with Crippen molar-refractivity contribution in [3.8, 4) is 0 Å². The summed E-state index contributed by atoms with van der Waals surface area (Å²) in [5.74, 6) is -0.128. The van der Waals surface area contributed by atoms with E-state index in [9.17, 15) is 4.79 Å². The van der Waals surface area contributed by atoms with Crippen LogP contribution in [0.15, 0.2) is 30.3 Å². The Morgan fingerprint density at radius 2 is 1.94 bits per heavy atom. The first-order valence-corrected chi connectivity index (χ1v) is 7.33. The molecule has 0 aliphatic carbocycles. The van der Waals surface area contributed by atoms with Crippen LogP contribution in [-0.4, -0.2) is 23.5 Å². The van der Waals surface area contributed by atoms with E-state index in [1.165, 1.54) is 0 Å². The van der Waals surface area contributed by atoms with E-state index in [0.29, 0.717) is 4.43 Å². The molecule has 1 fully saturated rings. The van der Waals surface area contributed by atoms with Gasteiger partial charge < -0.3 is 10.1 Å². The highest BCUT2D eigenvalue weighted by atomic mass is 127. The van der Waals surface area contributed by atoms with E-state index in [4.69, 9.17) is 4.74 Å². The van der Waals surface area contributed by atoms with Crippen molar-refractivity contribution in [2.75, 3.05) is 17.5 Å². The number of carbonyl (C=O) groups excluding carboxylic acids is 1. The third-order valence-corrected chi connectivity index (χ3v) is 3.75. The summed E-state index contributed by atoms with van der Waals surface area (Å²) in [4.78, 5) is 11.6. The van der Waals surface area contributed by atoms with Crippen molar-refractivity contribution in [1.29, 1.82) is 0 Å². The Morgan fingerprint density at radius 3 is 2.53 bits per heavy atom. The summed E-state index contributed by atoms with van der Waals surface area (Å²) in [6.45, 7) is 1.78. The first kappa shape index (κ1) is 12.8. The standard InChI is InChI=1S/C13H16INO2/c14-10-12(16)17-13(6-8-15-9-7-13)11-4-2-1-3-5-11/h1-5,15H,6-10H2. The van der Waals surface area contributed by atoms with Gasteiger partial charge in [-0.1, -0.05) is 52.9 Å². The molecule has 1 saturated heterocycles. The van der Waals surface area contributed by atoms with Crippen molar-refractivity contribution in [3.63, 3.8) is 0 Å². The third-order valence-electron chi connectivity index (χ3n) is 3.13. The molecule has 1 N–H and O–H groups in total. The lowest BCUT2D eigenvalue weighted by Crippen LogP contribution is -2.43. The minimum absolute atomic E-state index is 0.128. The third kappa shape index (κ3) is 2.98. The number of carbonyl (C=O) groups is 1. The number of ether oxygens (including phenoxy) is 1. The normalized spacial score (nSPS) is 18.6. The van der Waals surface area contributed by atoms with Crippen molar-refractivity contribution >= 4 is 28.6 Å². The highest BCUT2D eigenvalue weighted by Crippen LogP contribution is 2.34. The molecule has 1 heterocycles. The summed E-state index contributed by atoms with van der Waals surface area (Å²) in [5.41, 5.74) is 0.689. The number of hydrogen-bond acceptors (Lipinski definition) is 3. The van der Waals surface area contributed by atoms with Gasteiger partial charge >= 0.3 is 5.97 Å². The fraction of sp³-hybridized carbons (Fsp3) is 0.462. The zero-order valence-electron chi connectivity index (χ0n) is 9.62. The molecule has 0 saturated carbocycles. The quantitative estimate of drug-likeness (QED) is 0.519. The van der Waals surface area contributed by atoms with Crippen LogP contribution in [0.5, 0.6) is 0 Å². The SMILES string of the molecule is O=C(CI)OC1(c2ccccc2)CCNCC1. The van der Waals surface area contributed by atoms with E-state index in [2.05, 4.69) is 5.32 Å². The van der Waals surface area contributed by atoms with Gasteiger partial charge in [-0.2, -0.15) is 0 Å². The predicted molar refractivity (Wildman–Crippen MR) is 75.2 cm³/mol. The maximum Gasteiger partial charge on any atom is 0.316 e. The van der Waals surface area contributed by atoms with Crippen molar-refractivity contribution in [3.05, 3.63) is 35.9 Å². The molecule has 1 aromatic rings. The highest BCUT2D eigenvalue weighted by molar-refractivity contribution is 14.1. The molecule has 4 heteroatoms. The fourth-order valence-corrected chi connectivity index (χ4v) is 2.42. The van der Waals surface area contributed by atoms with Crippen LogP contribution in [0.2, 0.25) is 0 Å². The molecule has 92 valence electrons. The number of hydrogen-bond donors (Lipinski definition) is 1. The Balaban J connectivity index is 2.26.